The molecule has 0 saturated heterocycles. The van der Waals surface area contributed by atoms with Crippen molar-refractivity contribution in [1.29, 1.82) is 0 Å². The van der Waals surface area contributed by atoms with Crippen molar-refractivity contribution in [2.45, 2.75) is 32.7 Å². The largest absolute Gasteiger partial charge is 0.468 e. The van der Waals surface area contributed by atoms with Gasteiger partial charge in [0.2, 0.25) is 5.82 Å². The maximum absolute atomic E-state index is 6.37. The molecule has 0 bridgehead atoms. The van der Waals surface area contributed by atoms with Crippen molar-refractivity contribution in [1.82, 2.24) is 34.7 Å². The number of rotatable bonds is 6. The van der Waals surface area contributed by atoms with E-state index in [0.717, 1.165) is 31.3 Å². The van der Waals surface area contributed by atoms with E-state index >= 15 is 0 Å². The van der Waals surface area contributed by atoms with Gasteiger partial charge in [0, 0.05) is 12.7 Å². The maximum atomic E-state index is 6.37. The summed E-state index contributed by atoms with van der Waals surface area (Å²) in [7, 11) is 3.31. The van der Waals surface area contributed by atoms with Gasteiger partial charge in [-0.05, 0) is 11.6 Å². The summed E-state index contributed by atoms with van der Waals surface area (Å²) in [5.41, 5.74) is 2.01. The topological polar surface area (TPSA) is 83.5 Å². The van der Waals surface area contributed by atoms with Gasteiger partial charge in [0.25, 0.3) is 6.01 Å². The second-order valence-corrected chi connectivity index (χ2v) is 5.62. The quantitative estimate of drug-likeness (QED) is 0.643. The van der Waals surface area contributed by atoms with Gasteiger partial charge in [-0.1, -0.05) is 31.4 Å². The zero-order valence-corrected chi connectivity index (χ0v) is 14.1. The molecule has 0 radical (unpaired) electrons. The number of aromatic nitrogens is 7. The van der Waals surface area contributed by atoms with Crippen molar-refractivity contribution in [2.75, 3.05) is 7.11 Å². The summed E-state index contributed by atoms with van der Waals surface area (Å²) < 4.78 is 7.39. The van der Waals surface area contributed by atoms with Crippen LogP contribution >= 0.6 is 11.6 Å². The predicted molar refractivity (Wildman–Crippen MR) is 86.4 cm³/mol. The van der Waals surface area contributed by atoms with Gasteiger partial charge >= 0.3 is 0 Å². The smallest absolute Gasteiger partial charge is 0.298 e. The molecule has 0 amide bonds. The zero-order chi connectivity index (χ0) is 16.4. The molecule has 0 aliphatic heterocycles. The standard InChI is InChI=1S/C14H18ClN7O/c1-4-5-6-7-22-11-10(12-18-20-21(2)19-12)9(15)8-16-13(11)17-14(22)23-3/h8H,4-7H2,1-3H3. The first-order valence-electron chi connectivity index (χ1n) is 7.48. The highest BCUT2D eigenvalue weighted by Crippen LogP contribution is 2.34. The average Bonchev–Trinajstić information content (AvgIpc) is 3.11. The van der Waals surface area contributed by atoms with Gasteiger partial charge in [0.1, 0.15) is 5.52 Å². The van der Waals surface area contributed by atoms with E-state index in [1.165, 1.54) is 4.80 Å². The predicted octanol–water partition coefficient (Wildman–Crippen LogP) is 2.47. The van der Waals surface area contributed by atoms with Gasteiger partial charge < -0.3 is 4.74 Å². The van der Waals surface area contributed by atoms with Crippen LogP contribution in [-0.4, -0.2) is 41.9 Å². The SMILES string of the molecule is CCCCCn1c(OC)nc2ncc(Cl)c(-c3nnn(C)n3)c21. The first-order valence-corrected chi connectivity index (χ1v) is 7.86. The molecule has 0 fully saturated rings. The molecule has 122 valence electrons. The number of imidazole rings is 1. The minimum absolute atomic E-state index is 0.448. The molecular formula is C14H18ClN7O. The number of hydrogen-bond donors (Lipinski definition) is 0. The second kappa shape index (κ2) is 6.49. The third kappa shape index (κ3) is 2.86. The normalized spacial score (nSPS) is 11.3. The van der Waals surface area contributed by atoms with Crippen LogP contribution in [0.3, 0.4) is 0 Å². The minimum Gasteiger partial charge on any atom is -0.468 e. The van der Waals surface area contributed by atoms with Crippen LogP contribution in [-0.2, 0) is 13.6 Å². The summed E-state index contributed by atoms with van der Waals surface area (Å²) in [5, 5.41) is 12.7. The Bertz CT molecular complexity index is 826. The molecule has 0 unspecified atom stereocenters. The third-order valence-corrected chi connectivity index (χ3v) is 3.88. The maximum Gasteiger partial charge on any atom is 0.298 e. The number of hydrogen-bond acceptors (Lipinski definition) is 6. The lowest BCUT2D eigenvalue weighted by Crippen LogP contribution is -2.03. The Morgan fingerprint density at radius 1 is 1.30 bits per heavy atom. The fourth-order valence-electron chi connectivity index (χ4n) is 2.53. The van der Waals surface area contributed by atoms with Gasteiger partial charge in [-0.25, -0.2) is 4.98 Å². The number of ether oxygens (including phenoxy) is 1. The first kappa shape index (κ1) is 15.7. The van der Waals surface area contributed by atoms with Crippen LogP contribution in [0.4, 0.5) is 0 Å². The molecule has 0 saturated carbocycles. The molecule has 3 heterocycles. The van der Waals surface area contributed by atoms with E-state index in [-0.39, 0.29) is 0 Å². The fraction of sp³-hybridized carbons (Fsp3) is 0.500. The van der Waals surface area contributed by atoms with Crippen molar-refractivity contribution in [3.05, 3.63) is 11.2 Å². The molecule has 9 heteroatoms. The van der Waals surface area contributed by atoms with Crippen LogP contribution in [0.15, 0.2) is 6.20 Å². The lowest BCUT2D eigenvalue weighted by molar-refractivity contribution is 0.357. The lowest BCUT2D eigenvalue weighted by atomic mass is 10.2. The van der Waals surface area contributed by atoms with Gasteiger partial charge in [-0.3, -0.25) is 4.57 Å². The number of halogens is 1. The number of tetrazole rings is 1. The van der Waals surface area contributed by atoms with E-state index < -0.39 is 0 Å². The van der Waals surface area contributed by atoms with Crippen molar-refractivity contribution in [3.8, 4) is 17.4 Å². The number of unbranched alkanes of at least 4 members (excludes halogenated alkanes) is 2. The molecule has 3 aromatic rings. The summed E-state index contributed by atoms with van der Waals surface area (Å²) in [6, 6.07) is 0.510. The van der Waals surface area contributed by atoms with Crippen LogP contribution in [0.25, 0.3) is 22.6 Å². The van der Waals surface area contributed by atoms with Crippen LogP contribution in [0.2, 0.25) is 5.02 Å². The first-order chi connectivity index (χ1) is 11.2. The Labute approximate surface area is 138 Å². The molecule has 0 aromatic carbocycles. The van der Waals surface area contributed by atoms with Gasteiger partial charge in [-0.2, -0.15) is 9.78 Å². The van der Waals surface area contributed by atoms with Crippen LogP contribution in [0.1, 0.15) is 26.2 Å². The summed E-state index contributed by atoms with van der Waals surface area (Å²) >= 11 is 6.37. The van der Waals surface area contributed by atoms with Crippen molar-refractivity contribution >= 4 is 22.8 Å². The Morgan fingerprint density at radius 3 is 2.78 bits per heavy atom. The number of fused-ring (bicyclic) bond motifs is 1. The molecule has 3 aromatic heterocycles. The highest BCUT2D eigenvalue weighted by atomic mass is 35.5. The molecule has 0 N–H and O–H groups in total. The number of methoxy groups -OCH3 is 1. The summed E-state index contributed by atoms with van der Waals surface area (Å²) in [4.78, 5) is 10.1. The Morgan fingerprint density at radius 2 is 2.13 bits per heavy atom. The molecule has 0 aliphatic carbocycles. The number of aryl methyl sites for hydroxylation is 2. The molecular weight excluding hydrogens is 318 g/mol. The van der Waals surface area contributed by atoms with E-state index in [1.54, 1.807) is 20.4 Å². The molecule has 3 rings (SSSR count). The van der Waals surface area contributed by atoms with Crippen molar-refractivity contribution < 1.29 is 4.74 Å². The zero-order valence-electron chi connectivity index (χ0n) is 13.3. The van der Waals surface area contributed by atoms with Crippen LogP contribution in [0.5, 0.6) is 6.01 Å². The lowest BCUT2D eigenvalue weighted by Gasteiger charge is -2.09. The molecule has 0 atom stereocenters. The summed E-state index contributed by atoms with van der Waals surface area (Å²) in [6.07, 6.45) is 4.82. The average molecular weight is 336 g/mol. The Kier molecular flexibility index (Phi) is 4.42. The van der Waals surface area contributed by atoms with Crippen LogP contribution < -0.4 is 4.74 Å². The Hall–Kier alpha value is -2.22. The Balaban J connectivity index is 2.21. The fourth-order valence-corrected chi connectivity index (χ4v) is 2.76. The van der Waals surface area contributed by atoms with Gasteiger partial charge in [0.15, 0.2) is 5.65 Å². The summed E-state index contributed by atoms with van der Waals surface area (Å²) in [5.74, 6) is 0.448. The van der Waals surface area contributed by atoms with Gasteiger partial charge in [0.05, 0.1) is 24.7 Å². The molecule has 0 spiro atoms. The molecule has 8 nitrogen and oxygen atoms in total. The number of nitrogens with zero attached hydrogens (tertiary/aromatic N) is 7. The monoisotopic (exact) mass is 335 g/mol. The molecule has 0 aliphatic rings. The van der Waals surface area contributed by atoms with Crippen molar-refractivity contribution in [3.63, 3.8) is 0 Å². The van der Waals surface area contributed by atoms with E-state index in [0.29, 0.717) is 28.1 Å². The highest BCUT2D eigenvalue weighted by Gasteiger charge is 2.22. The van der Waals surface area contributed by atoms with Crippen LogP contribution in [0, 0.1) is 0 Å². The second-order valence-electron chi connectivity index (χ2n) is 5.21. The van der Waals surface area contributed by atoms with E-state index in [9.17, 15) is 0 Å². The van der Waals surface area contributed by atoms with Crippen molar-refractivity contribution in [2.24, 2.45) is 7.05 Å². The van der Waals surface area contributed by atoms with Gasteiger partial charge in [-0.15, -0.1) is 10.2 Å². The van der Waals surface area contributed by atoms with E-state index in [4.69, 9.17) is 16.3 Å². The van der Waals surface area contributed by atoms with E-state index in [2.05, 4.69) is 32.3 Å². The minimum atomic E-state index is 0.448. The summed E-state index contributed by atoms with van der Waals surface area (Å²) in [6.45, 7) is 2.93. The van der Waals surface area contributed by atoms with E-state index in [1.807, 2.05) is 4.57 Å². The highest BCUT2D eigenvalue weighted by molar-refractivity contribution is 6.34. The number of pyridine rings is 1. The third-order valence-electron chi connectivity index (χ3n) is 3.59. The molecule has 23 heavy (non-hydrogen) atoms.